The number of hydroxylamine groups is 1. The molecule has 2 heterocycles. The third kappa shape index (κ3) is 9.14. The molecular weight excluding hydrogens is 534 g/mol. The van der Waals surface area contributed by atoms with Gasteiger partial charge in [0.1, 0.15) is 6.33 Å². The first-order valence-corrected chi connectivity index (χ1v) is 14.3. The van der Waals surface area contributed by atoms with Gasteiger partial charge in [-0.25, -0.2) is 10.5 Å². The minimum absolute atomic E-state index is 0.0180. The first-order valence-electron chi connectivity index (χ1n) is 13.4. The molecule has 12 heteroatoms. The van der Waals surface area contributed by atoms with E-state index < -0.39 is 12.2 Å². The van der Waals surface area contributed by atoms with Crippen LogP contribution in [0.1, 0.15) is 74.0 Å². The lowest BCUT2D eigenvalue weighted by Crippen LogP contribution is -2.31. The van der Waals surface area contributed by atoms with Gasteiger partial charge in [0.15, 0.2) is 11.4 Å². The molecule has 0 radical (unpaired) electrons. The number of hydrogen-bond acceptors (Lipinski definition) is 9. The second kappa shape index (κ2) is 15.5. The van der Waals surface area contributed by atoms with Gasteiger partial charge < -0.3 is 19.9 Å². The molecule has 1 aromatic heterocycles. The van der Waals surface area contributed by atoms with Crippen molar-refractivity contribution in [1.29, 1.82) is 0 Å². The average Bonchev–Trinajstić information content (AvgIpc) is 3.51. The van der Waals surface area contributed by atoms with Crippen LogP contribution in [0.25, 0.3) is 0 Å². The zero-order chi connectivity index (χ0) is 28.2. The van der Waals surface area contributed by atoms with E-state index in [2.05, 4.69) is 20.5 Å². The van der Waals surface area contributed by atoms with Crippen LogP contribution in [0.2, 0.25) is 0 Å². The summed E-state index contributed by atoms with van der Waals surface area (Å²) < 4.78 is 12.8. The zero-order valence-corrected chi connectivity index (χ0v) is 22.9. The summed E-state index contributed by atoms with van der Waals surface area (Å²) in [7, 11) is 0. The number of hydrogen-bond donors (Lipinski definition) is 5. The molecule has 3 unspecified atom stereocenters. The number of thioether (sulfide) groups is 1. The van der Waals surface area contributed by atoms with Gasteiger partial charge >= 0.3 is 0 Å². The minimum atomic E-state index is -0.635. The normalized spacial score (nSPS) is 18.8. The topological polar surface area (TPSA) is 159 Å². The smallest absolute Gasteiger partial charge is 0.243 e. The number of aromatic amines is 1. The van der Waals surface area contributed by atoms with Crippen molar-refractivity contribution < 1.29 is 29.4 Å². The number of carbonyl (C=O) groups excluding carboxylic acids is 2. The molecule has 5 N–H and O–H groups in total. The summed E-state index contributed by atoms with van der Waals surface area (Å²) in [6, 6.07) is 15.2. The second-order valence-electron chi connectivity index (χ2n) is 9.57. The number of H-pyrrole nitrogens is 1. The summed E-state index contributed by atoms with van der Waals surface area (Å²) in [6.07, 6.45) is 4.81. The van der Waals surface area contributed by atoms with Crippen LogP contribution >= 0.6 is 11.8 Å². The van der Waals surface area contributed by atoms with Crippen molar-refractivity contribution >= 4 is 29.3 Å². The van der Waals surface area contributed by atoms with Gasteiger partial charge in [-0.15, -0.1) is 0 Å². The number of aliphatic hydroxyl groups is 1. The van der Waals surface area contributed by atoms with Gasteiger partial charge in [-0.3, -0.25) is 19.9 Å². The summed E-state index contributed by atoms with van der Waals surface area (Å²) in [5, 5.41) is 28.4. The van der Waals surface area contributed by atoms with Crippen LogP contribution in [0.5, 0.6) is 0 Å². The van der Waals surface area contributed by atoms with Gasteiger partial charge in [-0.1, -0.05) is 61.0 Å². The number of benzene rings is 2. The predicted molar refractivity (Wildman–Crippen MR) is 148 cm³/mol. The maximum absolute atomic E-state index is 12.5. The van der Waals surface area contributed by atoms with Crippen LogP contribution in [0.15, 0.2) is 60.0 Å². The molecule has 2 aromatic carbocycles. The molecule has 214 valence electrons. The van der Waals surface area contributed by atoms with Crippen molar-refractivity contribution in [3.63, 3.8) is 0 Å². The van der Waals surface area contributed by atoms with E-state index in [1.54, 1.807) is 5.48 Å². The molecule has 3 aromatic rings. The number of amides is 2. The standard InChI is InChI=1S/C28H35N5O6S/c34-16-19-10-12-20(13-11-19)24-15-23(17-40-28-29-18-30-32-28)38-27(39-24)21-6-5-7-22(14-21)31-25(35)8-3-1-2-4-9-26(36)33-37/h5-7,10-14,18,23-24,27,34,37H,1-4,8-9,15-17H2,(H,31,35)(H,33,36)(H,29,30,32). The molecule has 1 fully saturated rings. The van der Waals surface area contributed by atoms with Crippen LogP contribution in [0.4, 0.5) is 5.69 Å². The van der Waals surface area contributed by atoms with Crippen LogP contribution in [-0.2, 0) is 25.7 Å². The fourth-order valence-corrected chi connectivity index (χ4v) is 5.22. The third-order valence-corrected chi connectivity index (χ3v) is 7.55. The predicted octanol–water partition coefficient (Wildman–Crippen LogP) is 4.42. The second-order valence-corrected chi connectivity index (χ2v) is 10.6. The maximum Gasteiger partial charge on any atom is 0.243 e. The number of rotatable bonds is 14. The molecule has 11 nitrogen and oxygen atoms in total. The Hall–Kier alpha value is -3.29. The molecule has 3 atom stereocenters. The van der Waals surface area contributed by atoms with Gasteiger partial charge in [-0.05, 0) is 36.1 Å². The SMILES string of the molecule is O=C(CCCCCCC(=O)Nc1cccc(C2OC(CSc3ncn[nH]3)CC(c3ccc(CO)cc3)O2)c1)NO. The van der Waals surface area contributed by atoms with Crippen LogP contribution < -0.4 is 10.8 Å². The number of carbonyl (C=O) groups is 2. The Bertz CT molecular complexity index is 1210. The van der Waals surface area contributed by atoms with Crippen molar-refractivity contribution in [3.05, 3.63) is 71.5 Å². The van der Waals surface area contributed by atoms with Gasteiger partial charge in [0, 0.05) is 36.3 Å². The van der Waals surface area contributed by atoms with E-state index in [1.807, 2.05) is 48.5 Å². The van der Waals surface area contributed by atoms with E-state index in [0.29, 0.717) is 37.1 Å². The Balaban J connectivity index is 1.36. The number of nitrogens with one attached hydrogen (secondary N) is 3. The van der Waals surface area contributed by atoms with Gasteiger partial charge in [0.05, 0.1) is 18.8 Å². The molecule has 0 spiro atoms. The largest absolute Gasteiger partial charge is 0.392 e. The fraction of sp³-hybridized carbons (Fsp3) is 0.429. The van der Waals surface area contributed by atoms with E-state index in [1.165, 1.54) is 18.1 Å². The van der Waals surface area contributed by atoms with Crippen molar-refractivity contribution in [2.45, 2.75) is 75.2 Å². The number of anilines is 1. The monoisotopic (exact) mass is 569 g/mol. The number of unbranched alkanes of at least 4 members (excludes halogenated alkanes) is 3. The van der Waals surface area contributed by atoms with Gasteiger partial charge in [0.2, 0.25) is 11.8 Å². The number of ether oxygens (including phenoxy) is 2. The molecule has 0 bridgehead atoms. The minimum Gasteiger partial charge on any atom is -0.392 e. The Morgan fingerprint density at radius 2 is 1.77 bits per heavy atom. The van der Waals surface area contributed by atoms with E-state index in [-0.39, 0.29) is 31.1 Å². The quantitative estimate of drug-likeness (QED) is 0.0820. The highest BCUT2D eigenvalue weighted by atomic mass is 32.2. The highest BCUT2D eigenvalue weighted by molar-refractivity contribution is 7.99. The fourth-order valence-electron chi connectivity index (χ4n) is 4.43. The van der Waals surface area contributed by atoms with Gasteiger partial charge in [-0.2, -0.15) is 5.10 Å². The number of aliphatic hydroxyl groups excluding tert-OH is 1. The maximum atomic E-state index is 12.5. The average molecular weight is 570 g/mol. The van der Waals surface area contributed by atoms with E-state index in [4.69, 9.17) is 14.7 Å². The van der Waals surface area contributed by atoms with E-state index >= 15 is 0 Å². The third-order valence-electron chi connectivity index (χ3n) is 6.54. The molecule has 1 aliphatic heterocycles. The zero-order valence-electron chi connectivity index (χ0n) is 22.1. The van der Waals surface area contributed by atoms with Crippen molar-refractivity contribution in [1.82, 2.24) is 20.7 Å². The Labute approximate surface area is 237 Å². The Kier molecular flexibility index (Phi) is 11.5. The first kappa shape index (κ1) is 29.7. The number of nitrogens with zero attached hydrogens (tertiary/aromatic N) is 2. The van der Waals surface area contributed by atoms with E-state index in [0.717, 1.165) is 34.7 Å². The highest BCUT2D eigenvalue weighted by Gasteiger charge is 2.32. The van der Waals surface area contributed by atoms with Crippen molar-refractivity contribution in [3.8, 4) is 0 Å². The van der Waals surface area contributed by atoms with Crippen molar-refractivity contribution in [2.24, 2.45) is 0 Å². The molecule has 0 saturated carbocycles. The van der Waals surface area contributed by atoms with Crippen LogP contribution in [0.3, 0.4) is 0 Å². The Morgan fingerprint density at radius 3 is 2.48 bits per heavy atom. The van der Waals surface area contributed by atoms with Crippen LogP contribution in [0, 0.1) is 0 Å². The molecule has 0 aliphatic carbocycles. The molecule has 40 heavy (non-hydrogen) atoms. The summed E-state index contributed by atoms with van der Waals surface area (Å²) in [6.45, 7) is -0.0180. The summed E-state index contributed by atoms with van der Waals surface area (Å²) in [4.78, 5) is 27.8. The first-order chi connectivity index (χ1) is 19.5. The summed E-state index contributed by atoms with van der Waals surface area (Å²) in [5.41, 5.74) is 4.92. The molecule has 4 rings (SSSR count). The molecule has 1 aliphatic rings. The van der Waals surface area contributed by atoms with Crippen molar-refractivity contribution in [2.75, 3.05) is 11.1 Å². The molecule has 2 amide bonds. The summed E-state index contributed by atoms with van der Waals surface area (Å²) >= 11 is 1.53. The lowest BCUT2D eigenvalue weighted by Gasteiger charge is -2.36. The van der Waals surface area contributed by atoms with E-state index in [9.17, 15) is 14.7 Å². The molecular formula is C28H35N5O6S. The molecule has 1 saturated heterocycles. The Morgan fingerprint density at radius 1 is 1.00 bits per heavy atom. The number of aromatic nitrogens is 3. The lowest BCUT2D eigenvalue weighted by molar-refractivity contribution is -0.245. The van der Waals surface area contributed by atoms with Crippen LogP contribution in [-0.4, -0.2) is 49.2 Å². The lowest BCUT2D eigenvalue weighted by atomic mass is 10.0. The summed E-state index contributed by atoms with van der Waals surface area (Å²) in [5.74, 6) is 0.176. The highest BCUT2D eigenvalue weighted by Crippen LogP contribution is 2.39. The van der Waals surface area contributed by atoms with Gasteiger partial charge in [0.25, 0.3) is 0 Å².